The smallest absolute Gasteiger partial charge is 0.421 e. The third-order valence-corrected chi connectivity index (χ3v) is 5.88. The van der Waals surface area contributed by atoms with Crippen molar-refractivity contribution in [2.45, 2.75) is 51.0 Å². The first-order valence-corrected chi connectivity index (χ1v) is 11.0. The van der Waals surface area contributed by atoms with Crippen LogP contribution in [0, 0.1) is 5.92 Å². The van der Waals surface area contributed by atoms with Crippen molar-refractivity contribution in [1.29, 1.82) is 0 Å². The van der Waals surface area contributed by atoms with Crippen LogP contribution in [0.1, 0.15) is 43.2 Å². The Hall–Kier alpha value is -1.79. The molecule has 0 aromatic heterocycles. The summed E-state index contributed by atoms with van der Waals surface area (Å²) in [4.78, 5) is 0. The molecular weight excluding hydrogens is 457 g/mol. The molecule has 2 aromatic rings. The molecule has 0 spiro atoms. The average molecular weight is 483 g/mol. The SMILES string of the molecule is FC(F)(F)c1c(Br)cccc1O[C@H]1CC[C@H](/C=C/CCOCc2ccccc2)CC1. The van der Waals surface area contributed by atoms with Crippen LogP contribution in [-0.2, 0) is 17.5 Å². The Morgan fingerprint density at radius 1 is 0.967 bits per heavy atom. The fourth-order valence-electron chi connectivity index (χ4n) is 3.66. The number of alkyl halides is 3. The van der Waals surface area contributed by atoms with Crippen LogP contribution >= 0.6 is 15.9 Å². The number of hydrogen-bond donors (Lipinski definition) is 0. The number of ether oxygens (including phenoxy) is 2. The van der Waals surface area contributed by atoms with Crippen molar-refractivity contribution in [1.82, 2.24) is 0 Å². The van der Waals surface area contributed by atoms with Crippen LogP contribution in [0.15, 0.2) is 65.2 Å². The van der Waals surface area contributed by atoms with Gasteiger partial charge in [-0.3, -0.25) is 0 Å². The van der Waals surface area contributed by atoms with Crippen molar-refractivity contribution in [3.63, 3.8) is 0 Å². The molecule has 1 saturated carbocycles. The van der Waals surface area contributed by atoms with Gasteiger partial charge in [0, 0.05) is 4.47 Å². The third-order valence-electron chi connectivity index (χ3n) is 5.22. The molecular formula is C24H26BrF3O2. The Morgan fingerprint density at radius 2 is 1.70 bits per heavy atom. The van der Waals surface area contributed by atoms with E-state index >= 15 is 0 Å². The highest BCUT2D eigenvalue weighted by Gasteiger charge is 2.37. The van der Waals surface area contributed by atoms with Crippen LogP contribution < -0.4 is 4.74 Å². The highest BCUT2D eigenvalue weighted by Crippen LogP contribution is 2.42. The van der Waals surface area contributed by atoms with Crippen molar-refractivity contribution in [2.75, 3.05) is 6.61 Å². The summed E-state index contributed by atoms with van der Waals surface area (Å²) in [5, 5.41) is 0. The fraction of sp³-hybridized carbons (Fsp3) is 0.417. The number of rotatable bonds is 8. The topological polar surface area (TPSA) is 18.5 Å². The Kier molecular flexibility index (Phi) is 8.40. The van der Waals surface area contributed by atoms with Crippen LogP contribution in [0.5, 0.6) is 5.75 Å². The van der Waals surface area contributed by atoms with Gasteiger partial charge in [0.25, 0.3) is 0 Å². The van der Waals surface area contributed by atoms with Crippen molar-refractivity contribution in [3.05, 3.63) is 76.3 Å². The van der Waals surface area contributed by atoms with Crippen LogP contribution in [-0.4, -0.2) is 12.7 Å². The second-order valence-electron chi connectivity index (χ2n) is 7.52. The molecule has 30 heavy (non-hydrogen) atoms. The van der Waals surface area contributed by atoms with E-state index in [-0.39, 0.29) is 16.3 Å². The van der Waals surface area contributed by atoms with Gasteiger partial charge in [-0.05, 0) is 55.7 Å². The molecule has 0 heterocycles. The molecule has 1 fully saturated rings. The molecule has 0 bridgehead atoms. The predicted molar refractivity (Wildman–Crippen MR) is 115 cm³/mol. The predicted octanol–water partition coefficient (Wildman–Crippen LogP) is 7.57. The number of benzene rings is 2. The van der Waals surface area contributed by atoms with Gasteiger partial charge in [0.1, 0.15) is 11.3 Å². The maximum absolute atomic E-state index is 13.3. The maximum Gasteiger partial charge on any atom is 0.421 e. The Labute approximate surface area is 184 Å². The van der Waals surface area contributed by atoms with E-state index in [9.17, 15) is 13.2 Å². The van der Waals surface area contributed by atoms with Crippen molar-refractivity contribution >= 4 is 15.9 Å². The van der Waals surface area contributed by atoms with Crippen LogP contribution in [0.4, 0.5) is 13.2 Å². The van der Waals surface area contributed by atoms with E-state index in [4.69, 9.17) is 9.47 Å². The van der Waals surface area contributed by atoms with Gasteiger partial charge in [0.05, 0.1) is 19.3 Å². The monoisotopic (exact) mass is 482 g/mol. The molecule has 162 valence electrons. The average Bonchev–Trinajstić information content (AvgIpc) is 2.71. The van der Waals surface area contributed by atoms with Gasteiger partial charge in [0.15, 0.2) is 0 Å². The first kappa shape index (κ1) is 22.9. The fourth-order valence-corrected chi connectivity index (χ4v) is 4.23. The van der Waals surface area contributed by atoms with E-state index in [1.54, 1.807) is 6.07 Å². The summed E-state index contributed by atoms with van der Waals surface area (Å²) in [5.74, 6) is 0.356. The lowest BCUT2D eigenvalue weighted by Crippen LogP contribution is -2.24. The van der Waals surface area contributed by atoms with Gasteiger partial charge in [-0.25, -0.2) is 0 Å². The molecule has 2 nitrogen and oxygen atoms in total. The van der Waals surface area contributed by atoms with E-state index in [2.05, 4.69) is 28.1 Å². The molecule has 1 aliphatic carbocycles. The molecule has 2 aromatic carbocycles. The van der Waals surface area contributed by atoms with Gasteiger partial charge in [0.2, 0.25) is 0 Å². The van der Waals surface area contributed by atoms with E-state index in [0.717, 1.165) is 32.1 Å². The van der Waals surface area contributed by atoms with Gasteiger partial charge in [-0.2, -0.15) is 13.2 Å². The summed E-state index contributed by atoms with van der Waals surface area (Å²) >= 11 is 3.00. The Bertz CT molecular complexity index is 813. The second-order valence-corrected chi connectivity index (χ2v) is 8.37. The lowest BCUT2D eigenvalue weighted by Gasteiger charge is -2.28. The molecule has 0 N–H and O–H groups in total. The van der Waals surface area contributed by atoms with Gasteiger partial charge >= 0.3 is 6.18 Å². The molecule has 0 saturated heterocycles. The zero-order valence-corrected chi connectivity index (χ0v) is 18.3. The maximum atomic E-state index is 13.3. The largest absolute Gasteiger partial charge is 0.490 e. The molecule has 3 rings (SSSR count). The van der Waals surface area contributed by atoms with Crippen molar-refractivity contribution < 1.29 is 22.6 Å². The van der Waals surface area contributed by atoms with Gasteiger partial charge in [-0.1, -0.05) is 64.5 Å². The molecule has 0 atom stereocenters. The highest BCUT2D eigenvalue weighted by molar-refractivity contribution is 9.10. The summed E-state index contributed by atoms with van der Waals surface area (Å²) in [7, 11) is 0. The van der Waals surface area contributed by atoms with E-state index in [1.807, 2.05) is 30.3 Å². The second kappa shape index (κ2) is 11.0. The van der Waals surface area contributed by atoms with Crippen LogP contribution in [0.3, 0.4) is 0 Å². The van der Waals surface area contributed by atoms with Crippen molar-refractivity contribution in [2.24, 2.45) is 5.92 Å². The van der Waals surface area contributed by atoms with Gasteiger partial charge in [-0.15, -0.1) is 0 Å². The minimum Gasteiger partial charge on any atom is -0.490 e. The zero-order chi connectivity index (χ0) is 21.4. The summed E-state index contributed by atoms with van der Waals surface area (Å²) in [5.41, 5.74) is 0.432. The summed E-state index contributed by atoms with van der Waals surface area (Å²) in [6, 6.07) is 14.4. The summed E-state index contributed by atoms with van der Waals surface area (Å²) in [6.45, 7) is 1.29. The highest BCUT2D eigenvalue weighted by atomic mass is 79.9. The quantitative estimate of drug-likeness (QED) is 0.285. The first-order chi connectivity index (χ1) is 14.4. The Morgan fingerprint density at radius 3 is 2.40 bits per heavy atom. The number of allylic oxidation sites excluding steroid dienone is 1. The zero-order valence-electron chi connectivity index (χ0n) is 16.7. The van der Waals surface area contributed by atoms with E-state index in [0.29, 0.717) is 19.1 Å². The van der Waals surface area contributed by atoms with Crippen LogP contribution in [0.25, 0.3) is 0 Å². The summed E-state index contributed by atoms with van der Waals surface area (Å²) < 4.78 is 51.4. The molecule has 0 aliphatic heterocycles. The van der Waals surface area contributed by atoms with Crippen LogP contribution in [0.2, 0.25) is 0 Å². The van der Waals surface area contributed by atoms with E-state index < -0.39 is 11.7 Å². The standard InChI is InChI=1S/C24H26BrF3O2/c25-21-10-6-11-22(23(21)24(26,27)28)30-20-14-12-18(13-15-20)7-4-5-16-29-17-19-8-2-1-3-9-19/h1-4,6-11,18,20H,5,12-17H2/b7-4+/t18-,20-. The Balaban J connectivity index is 1.39. The molecule has 6 heteroatoms. The molecule has 1 aliphatic rings. The summed E-state index contributed by atoms with van der Waals surface area (Å²) in [6.07, 6.45) is 3.93. The van der Waals surface area contributed by atoms with E-state index in [1.165, 1.54) is 17.7 Å². The minimum absolute atomic E-state index is 0.0126. The lowest BCUT2D eigenvalue weighted by atomic mass is 9.87. The minimum atomic E-state index is -4.45. The first-order valence-electron chi connectivity index (χ1n) is 10.2. The molecule has 0 amide bonds. The molecule has 0 unspecified atom stereocenters. The third kappa shape index (κ3) is 6.88. The number of hydrogen-bond acceptors (Lipinski definition) is 2. The normalized spacial score (nSPS) is 19.9. The lowest BCUT2D eigenvalue weighted by molar-refractivity contribution is -0.140. The van der Waals surface area contributed by atoms with Gasteiger partial charge < -0.3 is 9.47 Å². The molecule has 0 radical (unpaired) electrons. The number of halogens is 4. The van der Waals surface area contributed by atoms with Crippen molar-refractivity contribution in [3.8, 4) is 5.75 Å².